The lowest BCUT2D eigenvalue weighted by atomic mass is 10.0. The number of ketones is 1. The molecule has 20 heavy (non-hydrogen) atoms. The van der Waals surface area contributed by atoms with Crippen LogP contribution in [0.25, 0.3) is 0 Å². The van der Waals surface area contributed by atoms with Gasteiger partial charge in [-0.3, -0.25) is 9.59 Å². The molecule has 1 aliphatic rings. The summed E-state index contributed by atoms with van der Waals surface area (Å²) in [6.45, 7) is 5.18. The highest BCUT2D eigenvalue weighted by atomic mass is 16.2. The monoisotopic (exact) mass is 274 g/mol. The average Bonchev–Trinajstić information content (AvgIpc) is 2.81. The molecule has 0 spiro atoms. The van der Waals surface area contributed by atoms with Crippen LogP contribution in [0.15, 0.2) is 18.2 Å². The molecule has 4 nitrogen and oxygen atoms in total. The van der Waals surface area contributed by atoms with Crippen molar-refractivity contribution in [2.24, 2.45) is 11.7 Å². The number of benzene rings is 1. The number of rotatable bonds is 5. The van der Waals surface area contributed by atoms with Crippen LogP contribution in [0.2, 0.25) is 0 Å². The van der Waals surface area contributed by atoms with E-state index < -0.39 is 0 Å². The molecule has 0 saturated carbocycles. The Bertz CT molecular complexity index is 523. The standard InChI is InChI=1S/C16H22N2O2/c1-11(2)9-16(20)18-8-6-12-10-13(3-4-14(12)18)15(19)5-7-17/h3-4,10-11H,5-9,17H2,1-2H3. The first-order chi connectivity index (χ1) is 9.52. The number of hydrogen-bond acceptors (Lipinski definition) is 3. The van der Waals surface area contributed by atoms with Crippen molar-refractivity contribution in [3.8, 4) is 0 Å². The van der Waals surface area contributed by atoms with Gasteiger partial charge in [0.2, 0.25) is 5.91 Å². The van der Waals surface area contributed by atoms with Crippen molar-refractivity contribution in [2.45, 2.75) is 33.1 Å². The molecular formula is C16H22N2O2. The third-order valence-corrected chi connectivity index (χ3v) is 3.55. The van der Waals surface area contributed by atoms with E-state index in [2.05, 4.69) is 0 Å². The van der Waals surface area contributed by atoms with Gasteiger partial charge in [-0.15, -0.1) is 0 Å². The molecule has 0 bridgehead atoms. The molecule has 0 fully saturated rings. The number of hydrogen-bond donors (Lipinski definition) is 1. The van der Waals surface area contributed by atoms with Gasteiger partial charge in [-0.05, 0) is 42.6 Å². The maximum Gasteiger partial charge on any atom is 0.227 e. The molecule has 0 saturated heterocycles. The Labute approximate surface area is 119 Å². The van der Waals surface area contributed by atoms with Crippen LogP contribution in [-0.2, 0) is 11.2 Å². The number of carbonyl (C=O) groups excluding carboxylic acids is 2. The van der Waals surface area contributed by atoms with E-state index in [1.807, 2.05) is 30.9 Å². The number of fused-ring (bicyclic) bond motifs is 1. The van der Waals surface area contributed by atoms with Gasteiger partial charge in [0, 0.05) is 30.6 Å². The van der Waals surface area contributed by atoms with Crippen molar-refractivity contribution in [3.63, 3.8) is 0 Å². The number of nitrogens with two attached hydrogens (primary N) is 1. The Hall–Kier alpha value is -1.68. The van der Waals surface area contributed by atoms with Crippen molar-refractivity contribution < 1.29 is 9.59 Å². The van der Waals surface area contributed by atoms with Gasteiger partial charge in [-0.1, -0.05) is 13.8 Å². The van der Waals surface area contributed by atoms with Gasteiger partial charge in [-0.2, -0.15) is 0 Å². The number of amides is 1. The Morgan fingerprint density at radius 3 is 2.75 bits per heavy atom. The zero-order valence-electron chi connectivity index (χ0n) is 12.2. The maximum absolute atomic E-state index is 12.2. The van der Waals surface area contributed by atoms with Crippen LogP contribution in [0.5, 0.6) is 0 Å². The lowest BCUT2D eigenvalue weighted by Gasteiger charge is -2.18. The summed E-state index contributed by atoms with van der Waals surface area (Å²) in [5.41, 5.74) is 8.16. The molecule has 1 heterocycles. The summed E-state index contributed by atoms with van der Waals surface area (Å²) in [5, 5.41) is 0. The Morgan fingerprint density at radius 2 is 2.10 bits per heavy atom. The highest BCUT2D eigenvalue weighted by molar-refractivity contribution is 5.99. The van der Waals surface area contributed by atoms with Crippen molar-refractivity contribution in [2.75, 3.05) is 18.0 Å². The second-order valence-electron chi connectivity index (χ2n) is 5.70. The van der Waals surface area contributed by atoms with Gasteiger partial charge in [0.25, 0.3) is 0 Å². The highest BCUT2D eigenvalue weighted by Gasteiger charge is 2.25. The molecule has 4 heteroatoms. The van der Waals surface area contributed by atoms with Gasteiger partial charge >= 0.3 is 0 Å². The van der Waals surface area contributed by atoms with Crippen LogP contribution in [0.4, 0.5) is 5.69 Å². The van der Waals surface area contributed by atoms with Gasteiger partial charge in [0.05, 0.1) is 0 Å². The van der Waals surface area contributed by atoms with E-state index in [0.29, 0.717) is 30.9 Å². The first kappa shape index (κ1) is 14.7. The van der Waals surface area contributed by atoms with E-state index in [1.54, 1.807) is 6.07 Å². The number of nitrogens with zero attached hydrogens (tertiary/aromatic N) is 1. The smallest absolute Gasteiger partial charge is 0.227 e. The second kappa shape index (κ2) is 6.18. The van der Waals surface area contributed by atoms with Crippen LogP contribution in [0.1, 0.15) is 42.6 Å². The first-order valence-electron chi connectivity index (χ1n) is 7.19. The van der Waals surface area contributed by atoms with Crippen molar-refractivity contribution in [3.05, 3.63) is 29.3 Å². The zero-order chi connectivity index (χ0) is 14.7. The molecule has 0 atom stereocenters. The number of anilines is 1. The van der Waals surface area contributed by atoms with Crippen molar-refractivity contribution >= 4 is 17.4 Å². The fourth-order valence-electron chi connectivity index (χ4n) is 2.57. The highest BCUT2D eigenvalue weighted by Crippen LogP contribution is 2.30. The van der Waals surface area contributed by atoms with Crippen molar-refractivity contribution in [1.82, 2.24) is 0 Å². The van der Waals surface area contributed by atoms with E-state index in [0.717, 1.165) is 24.2 Å². The normalized spacial score (nSPS) is 13.7. The van der Waals surface area contributed by atoms with Crippen LogP contribution in [0.3, 0.4) is 0 Å². The van der Waals surface area contributed by atoms with E-state index in [1.165, 1.54) is 0 Å². The van der Waals surface area contributed by atoms with Gasteiger partial charge in [0.1, 0.15) is 0 Å². The summed E-state index contributed by atoms with van der Waals surface area (Å²) >= 11 is 0. The summed E-state index contributed by atoms with van der Waals surface area (Å²) in [6.07, 6.45) is 1.75. The lowest BCUT2D eigenvalue weighted by Crippen LogP contribution is -2.29. The van der Waals surface area contributed by atoms with E-state index in [-0.39, 0.29) is 11.7 Å². The fourth-order valence-corrected chi connectivity index (χ4v) is 2.57. The summed E-state index contributed by atoms with van der Waals surface area (Å²) in [6, 6.07) is 5.61. The molecule has 0 radical (unpaired) electrons. The van der Waals surface area contributed by atoms with E-state index in [4.69, 9.17) is 5.73 Å². The molecule has 1 aliphatic heterocycles. The molecule has 1 aromatic carbocycles. The van der Waals surface area contributed by atoms with Crippen LogP contribution in [-0.4, -0.2) is 24.8 Å². The van der Waals surface area contributed by atoms with Gasteiger partial charge < -0.3 is 10.6 Å². The summed E-state index contributed by atoms with van der Waals surface area (Å²) in [7, 11) is 0. The Morgan fingerprint density at radius 1 is 1.35 bits per heavy atom. The number of Topliss-reactive ketones (excluding diaryl/α,β-unsaturated/α-hetero) is 1. The van der Waals surface area contributed by atoms with Crippen LogP contribution in [0, 0.1) is 5.92 Å². The average molecular weight is 274 g/mol. The molecule has 2 N–H and O–H groups in total. The SMILES string of the molecule is CC(C)CC(=O)N1CCc2cc(C(=O)CCN)ccc21. The van der Waals surface area contributed by atoms with E-state index in [9.17, 15) is 9.59 Å². The quantitative estimate of drug-likeness (QED) is 0.837. The topological polar surface area (TPSA) is 63.4 Å². The summed E-state index contributed by atoms with van der Waals surface area (Å²) in [4.78, 5) is 25.9. The zero-order valence-corrected chi connectivity index (χ0v) is 12.2. The van der Waals surface area contributed by atoms with Gasteiger partial charge in [-0.25, -0.2) is 0 Å². The third-order valence-electron chi connectivity index (χ3n) is 3.55. The molecule has 1 aromatic rings. The van der Waals surface area contributed by atoms with E-state index >= 15 is 0 Å². The molecule has 2 rings (SSSR count). The predicted octanol–water partition coefficient (Wildman–Crippen LogP) is 2.15. The third kappa shape index (κ3) is 3.07. The maximum atomic E-state index is 12.2. The summed E-state index contributed by atoms with van der Waals surface area (Å²) < 4.78 is 0. The second-order valence-corrected chi connectivity index (χ2v) is 5.70. The first-order valence-corrected chi connectivity index (χ1v) is 7.19. The lowest BCUT2D eigenvalue weighted by molar-refractivity contribution is -0.119. The van der Waals surface area contributed by atoms with Gasteiger partial charge in [0.15, 0.2) is 5.78 Å². The molecule has 0 unspecified atom stereocenters. The largest absolute Gasteiger partial charge is 0.330 e. The number of carbonyl (C=O) groups is 2. The molecule has 108 valence electrons. The fraction of sp³-hybridized carbons (Fsp3) is 0.500. The molecule has 0 aromatic heterocycles. The van der Waals surface area contributed by atoms with Crippen molar-refractivity contribution in [1.29, 1.82) is 0 Å². The predicted molar refractivity (Wildman–Crippen MR) is 80.0 cm³/mol. The minimum atomic E-state index is 0.0715. The summed E-state index contributed by atoms with van der Waals surface area (Å²) in [5.74, 6) is 0.596. The minimum absolute atomic E-state index is 0.0715. The van der Waals surface area contributed by atoms with Crippen LogP contribution >= 0.6 is 0 Å². The van der Waals surface area contributed by atoms with Crippen LogP contribution < -0.4 is 10.6 Å². The Balaban J connectivity index is 2.18. The molecular weight excluding hydrogens is 252 g/mol. The minimum Gasteiger partial charge on any atom is -0.330 e. The molecule has 0 aliphatic carbocycles. The Kier molecular flexibility index (Phi) is 4.55. The molecule has 1 amide bonds.